The van der Waals surface area contributed by atoms with Crippen molar-refractivity contribution >= 4 is 16.8 Å². The molecular weight excluding hydrogens is 230 g/mol. The average Bonchev–Trinajstić information content (AvgIpc) is 2.66. The molecule has 0 radical (unpaired) electrons. The number of nitrogens with two attached hydrogens (primary N) is 1. The number of pyridine rings is 1. The standard InChI is InChI=1S/C13H11N3O2/c14-9-4-5-11-12(7-9)18-13(17)16(11)8-10-3-1-2-6-15-10/h1-7H,8,14H2. The Bertz CT molecular complexity index is 744. The minimum absolute atomic E-state index is 0.386. The van der Waals surface area contributed by atoms with E-state index in [4.69, 9.17) is 10.2 Å². The van der Waals surface area contributed by atoms with E-state index >= 15 is 0 Å². The molecule has 0 atom stereocenters. The van der Waals surface area contributed by atoms with Gasteiger partial charge in [0.05, 0.1) is 17.8 Å². The number of benzene rings is 1. The first-order chi connectivity index (χ1) is 8.74. The van der Waals surface area contributed by atoms with Crippen LogP contribution in [0.4, 0.5) is 5.69 Å². The molecule has 0 aliphatic carbocycles. The summed E-state index contributed by atoms with van der Waals surface area (Å²) >= 11 is 0. The molecule has 3 aromatic rings. The van der Waals surface area contributed by atoms with Crippen molar-refractivity contribution in [3.05, 3.63) is 58.8 Å². The minimum Gasteiger partial charge on any atom is -0.408 e. The van der Waals surface area contributed by atoms with Crippen molar-refractivity contribution < 1.29 is 4.42 Å². The molecule has 0 unspecified atom stereocenters. The lowest BCUT2D eigenvalue weighted by molar-refractivity contribution is 0.516. The molecule has 5 nitrogen and oxygen atoms in total. The Hall–Kier alpha value is -2.56. The lowest BCUT2D eigenvalue weighted by atomic mass is 10.3. The van der Waals surface area contributed by atoms with E-state index in [1.807, 2.05) is 18.2 Å². The molecule has 18 heavy (non-hydrogen) atoms. The predicted molar refractivity (Wildman–Crippen MR) is 68.2 cm³/mol. The van der Waals surface area contributed by atoms with Crippen LogP contribution in [0.3, 0.4) is 0 Å². The Balaban J connectivity index is 2.12. The van der Waals surface area contributed by atoms with Gasteiger partial charge in [-0.15, -0.1) is 0 Å². The number of aromatic nitrogens is 2. The first kappa shape index (κ1) is 10.6. The number of rotatable bonds is 2. The summed E-state index contributed by atoms with van der Waals surface area (Å²) in [4.78, 5) is 16.0. The van der Waals surface area contributed by atoms with Crippen LogP contribution in [-0.4, -0.2) is 9.55 Å². The van der Waals surface area contributed by atoms with Crippen LogP contribution in [0.15, 0.2) is 51.8 Å². The molecule has 2 N–H and O–H groups in total. The van der Waals surface area contributed by atoms with Gasteiger partial charge in [0.2, 0.25) is 0 Å². The number of hydrogen-bond acceptors (Lipinski definition) is 4. The molecule has 0 aliphatic rings. The zero-order chi connectivity index (χ0) is 12.5. The van der Waals surface area contributed by atoms with E-state index in [1.54, 1.807) is 24.4 Å². The molecule has 90 valence electrons. The summed E-state index contributed by atoms with van der Waals surface area (Å²) in [5.41, 5.74) is 8.25. The van der Waals surface area contributed by atoms with Crippen molar-refractivity contribution in [2.45, 2.75) is 6.54 Å². The van der Waals surface area contributed by atoms with Crippen LogP contribution in [0.1, 0.15) is 5.69 Å². The van der Waals surface area contributed by atoms with Gasteiger partial charge in [-0.1, -0.05) is 6.07 Å². The molecule has 2 heterocycles. The minimum atomic E-state index is -0.402. The zero-order valence-electron chi connectivity index (χ0n) is 9.54. The van der Waals surface area contributed by atoms with E-state index in [0.717, 1.165) is 11.2 Å². The van der Waals surface area contributed by atoms with Crippen LogP contribution in [-0.2, 0) is 6.54 Å². The van der Waals surface area contributed by atoms with E-state index in [2.05, 4.69) is 4.98 Å². The Kier molecular flexibility index (Phi) is 2.37. The molecule has 5 heteroatoms. The van der Waals surface area contributed by atoms with Crippen molar-refractivity contribution in [2.75, 3.05) is 5.73 Å². The van der Waals surface area contributed by atoms with Gasteiger partial charge in [0, 0.05) is 18.0 Å². The lowest BCUT2D eigenvalue weighted by Crippen LogP contribution is -2.15. The smallest absolute Gasteiger partial charge is 0.408 e. The fourth-order valence-electron chi connectivity index (χ4n) is 1.89. The molecule has 0 saturated heterocycles. The Morgan fingerprint density at radius 3 is 2.94 bits per heavy atom. The van der Waals surface area contributed by atoms with Crippen LogP contribution >= 0.6 is 0 Å². The van der Waals surface area contributed by atoms with Gasteiger partial charge in [0.15, 0.2) is 5.58 Å². The maximum absolute atomic E-state index is 11.8. The Morgan fingerprint density at radius 1 is 1.28 bits per heavy atom. The highest BCUT2D eigenvalue weighted by molar-refractivity contribution is 5.76. The van der Waals surface area contributed by atoms with Crippen molar-refractivity contribution in [2.24, 2.45) is 0 Å². The highest BCUT2D eigenvalue weighted by atomic mass is 16.4. The van der Waals surface area contributed by atoms with Crippen molar-refractivity contribution in [1.29, 1.82) is 0 Å². The maximum Gasteiger partial charge on any atom is 0.420 e. The van der Waals surface area contributed by atoms with Gasteiger partial charge in [0.1, 0.15) is 0 Å². The quantitative estimate of drug-likeness (QED) is 0.692. The largest absolute Gasteiger partial charge is 0.420 e. The Morgan fingerprint density at radius 2 is 2.17 bits per heavy atom. The average molecular weight is 241 g/mol. The van der Waals surface area contributed by atoms with E-state index < -0.39 is 5.76 Å². The second kappa shape index (κ2) is 4.03. The number of anilines is 1. The third-order valence-electron chi connectivity index (χ3n) is 2.74. The van der Waals surface area contributed by atoms with Crippen molar-refractivity contribution in [3.63, 3.8) is 0 Å². The number of nitrogens with zero attached hydrogens (tertiary/aromatic N) is 2. The van der Waals surface area contributed by atoms with Crippen molar-refractivity contribution in [3.8, 4) is 0 Å². The molecule has 0 fully saturated rings. The zero-order valence-corrected chi connectivity index (χ0v) is 9.54. The normalized spacial score (nSPS) is 10.9. The SMILES string of the molecule is Nc1ccc2c(c1)oc(=O)n2Cc1ccccn1. The Labute approximate surface area is 102 Å². The first-order valence-corrected chi connectivity index (χ1v) is 5.53. The summed E-state index contributed by atoms with van der Waals surface area (Å²) in [5, 5.41) is 0. The van der Waals surface area contributed by atoms with Crippen LogP contribution in [0.25, 0.3) is 11.1 Å². The highest BCUT2D eigenvalue weighted by Gasteiger charge is 2.09. The topological polar surface area (TPSA) is 74.0 Å². The molecular formula is C13H11N3O2. The van der Waals surface area contributed by atoms with Crippen LogP contribution in [0.5, 0.6) is 0 Å². The van der Waals surface area contributed by atoms with Crippen molar-refractivity contribution in [1.82, 2.24) is 9.55 Å². The van der Waals surface area contributed by atoms with Gasteiger partial charge in [-0.05, 0) is 24.3 Å². The van der Waals surface area contributed by atoms with Crippen LogP contribution < -0.4 is 11.5 Å². The fourth-order valence-corrected chi connectivity index (χ4v) is 1.89. The first-order valence-electron chi connectivity index (χ1n) is 5.53. The van der Waals surface area contributed by atoms with E-state index in [1.165, 1.54) is 4.57 Å². The summed E-state index contributed by atoms with van der Waals surface area (Å²) in [6, 6.07) is 10.7. The van der Waals surface area contributed by atoms with E-state index in [0.29, 0.717) is 17.8 Å². The van der Waals surface area contributed by atoms with Crippen LogP contribution in [0, 0.1) is 0 Å². The van der Waals surface area contributed by atoms with Gasteiger partial charge in [0.25, 0.3) is 0 Å². The summed E-state index contributed by atoms with van der Waals surface area (Å²) in [6.45, 7) is 0.386. The summed E-state index contributed by atoms with van der Waals surface area (Å²) < 4.78 is 6.69. The van der Waals surface area contributed by atoms with Gasteiger partial charge >= 0.3 is 5.76 Å². The number of oxazole rings is 1. The second-order valence-electron chi connectivity index (χ2n) is 4.00. The molecule has 0 spiro atoms. The van der Waals surface area contributed by atoms with Gasteiger partial charge in [-0.25, -0.2) is 4.79 Å². The number of fused-ring (bicyclic) bond motifs is 1. The molecule has 0 bridgehead atoms. The summed E-state index contributed by atoms with van der Waals surface area (Å²) in [6.07, 6.45) is 1.70. The van der Waals surface area contributed by atoms with E-state index in [-0.39, 0.29) is 0 Å². The number of hydrogen-bond donors (Lipinski definition) is 1. The highest BCUT2D eigenvalue weighted by Crippen LogP contribution is 2.16. The van der Waals surface area contributed by atoms with Gasteiger partial charge < -0.3 is 10.2 Å². The summed E-state index contributed by atoms with van der Waals surface area (Å²) in [5.74, 6) is -0.402. The predicted octanol–water partition coefficient (Wildman–Crippen LogP) is 1.62. The van der Waals surface area contributed by atoms with Gasteiger partial charge in [-0.2, -0.15) is 0 Å². The molecule has 1 aromatic carbocycles. The monoisotopic (exact) mass is 241 g/mol. The second-order valence-corrected chi connectivity index (χ2v) is 4.00. The van der Waals surface area contributed by atoms with Gasteiger partial charge in [-0.3, -0.25) is 9.55 Å². The molecule has 3 rings (SSSR count). The van der Waals surface area contributed by atoms with E-state index in [9.17, 15) is 4.79 Å². The fraction of sp³-hybridized carbons (Fsp3) is 0.0769. The maximum atomic E-state index is 11.8. The van der Waals surface area contributed by atoms with Crippen LogP contribution in [0.2, 0.25) is 0 Å². The number of nitrogen functional groups attached to an aromatic ring is 1. The lowest BCUT2D eigenvalue weighted by Gasteiger charge is -2.01. The third kappa shape index (κ3) is 1.75. The molecule has 0 amide bonds. The molecule has 0 saturated carbocycles. The summed E-state index contributed by atoms with van der Waals surface area (Å²) in [7, 11) is 0. The molecule has 2 aromatic heterocycles. The molecule has 0 aliphatic heterocycles. The third-order valence-corrected chi connectivity index (χ3v) is 2.74.